The molecule has 0 radical (unpaired) electrons. The number of amides is 1. The zero-order valence-corrected chi connectivity index (χ0v) is 17.1. The van der Waals surface area contributed by atoms with Crippen molar-refractivity contribution in [3.63, 3.8) is 0 Å². The Morgan fingerprint density at radius 2 is 2.14 bits per heavy atom. The third-order valence-electron chi connectivity index (χ3n) is 6.55. The van der Waals surface area contributed by atoms with E-state index < -0.39 is 11.8 Å². The summed E-state index contributed by atoms with van der Waals surface area (Å²) in [5.41, 5.74) is -0.388. The first-order chi connectivity index (χ1) is 13.2. The summed E-state index contributed by atoms with van der Waals surface area (Å²) in [4.78, 5) is 38.4. The van der Waals surface area contributed by atoms with Gasteiger partial charge in [-0.25, -0.2) is 0 Å². The Morgan fingerprint density at radius 3 is 2.86 bits per heavy atom. The van der Waals surface area contributed by atoms with Gasteiger partial charge in [0.2, 0.25) is 5.91 Å². The lowest BCUT2D eigenvalue weighted by atomic mass is 9.89. The van der Waals surface area contributed by atoms with Gasteiger partial charge in [0.05, 0.1) is 6.42 Å². The Morgan fingerprint density at radius 1 is 1.39 bits per heavy atom. The van der Waals surface area contributed by atoms with Crippen molar-refractivity contribution in [2.75, 3.05) is 7.05 Å². The van der Waals surface area contributed by atoms with Crippen LogP contribution in [0.3, 0.4) is 0 Å². The van der Waals surface area contributed by atoms with E-state index in [0.29, 0.717) is 22.7 Å². The summed E-state index contributed by atoms with van der Waals surface area (Å²) in [6.45, 7) is 3.88. The fraction of sp³-hybridized carbons (Fsp3) is 0.684. The smallest absolute Gasteiger partial charge is 0.306 e. The average molecular weight is 407 g/mol. The summed E-state index contributed by atoms with van der Waals surface area (Å²) in [7, 11) is 1.54. The molecule has 2 aliphatic carbocycles. The maximum Gasteiger partial charge on any atom is 0.306 e. The van der Waals surface area contributed by atoms with Crippen molar-refractivity contribution in [1.29, 1.82) is 0 Å². The van der Waals surface area contributed by atoms with E-state index in [4.69, 9.17) is 21.7 Å². The molecule has 0 bridgehead atoms. The lowest BCUT2D eigenvalue weighted by Crippen LogP contribution is -2.43. The highest BCUT2D eigenvalue weighted by Gasteiger charge is 2.74. The molecule has 5 atom stereocenters. The highest BCUT2D eigenvalue weighted by atomic mass is 32.1. The van der Waals surface area contributed by atoms with Crippen molar-refractivity contribution in [3.8, 4) is 0 Å². The molecule has 1 aliphatic heterocycles. The Balaban J connectivity index is 1.57. The van der Waals surface area contributed by atoms with Gasteiger partial charge in [0.25, 0.3) is 5.56 Å². The number of nitrogens with zero attached hydrogens (tertiary/aromatic N) is 1. The van der Waals surface area contributed by atoms with Crippen LogP contribution in [0.25, 0.3) is 0 Å². The zero-order valence-electron chi connectivity index (χ0n) is 16.2. The Labute approximate surface area is 167 Å². The number of H-pyrrole nitrogens is 1. The molecule has 28 heavy (non-hydrogen) atoms. The van der Waals surface area contributed by atoms with Gasteiger partial charge in [0.15, 0.2) is 4.77 Å². The van der Waals surface area contributed by atoms with E-state index in [1.165, 1.54) is 0 Å². The first-order valence-electron chi connectivity index (χ1n) is 9.58. The third-order valence-corrected chi connectivity index (χ3v) is 6.86. The summed E-state index contributed by atoms with van der Waals surface area (Å²) >= 11 is 5.32. The molecule has 1 aromatic rings. The molecule has 1 amide bonds. The number of hydrogen-bond donors (Lipinski definition) is 2. The molecule has 1 aromatic heterocycles. The molecule has 0 unspecified atom stereocenters. The van der Waals surface area contributed by atoms with Crippen molar-refractivity contribution >= 4 is 24.1 Å². The Bertz CT molecular complexity index is 956. The molecular formula is C19H25N3O5S. The molecule has 4 rings (SSSR count). The number of hydrogen-bond acceptors (Lipinski definition) is 6. The number of carbonyl (C=O) groups is 2. The van der Waals surface area contributed by atoms with E-state index in [1.807, 2.05) is 0 Å². The highest BCUT2D eigenvalue weighted by molar-refractivity contribution is 7.71. The number of rotatable bonds is 5. The molecule has 2 heterocycles. The van der Waals surface area contributed by atoms with Gasteiger partial charge in [-0.15, -0.1) is 0 Å². The first kappa shape index (κ1) is 19.3. The normalized spacial score (nSPS) is 35.2. The number of nitrogens with one attached hydrogen (secondary N) is 2. The van der Waals surface area contributed by atoms with E-state index in [-0.39, 0.29) is 41.8 Å². The van der Waals surface area contributed by atoms with Gasteiger partial charge >= 0.3 is 5.97 Å². The van der Waals surface area contributed by atoms with Crippen LogP contribution >= 0.6 is 12.2 Å². The van der Waals surface area contributed by atoms with Crippen molar-refractivity contribution < 1.29 is 19.1 Å². The summed E-state index contributed by atoms with van der Waals surface area (Å²) in [5, 5.41) is 2.51. The van der Waals surface area contributed by atoms with Crippen molar-refractivity contribution in [2.45, 2.75) is 63.9 Å². The van der Waals surface area contributed by atoms with E-state index in [9.17, 15) is 14.4 Å². The van der Waals surface area contributed by atoms with Crippen LogP contribution in [0.5, 0.6) is 0 Å². The topological polar surface area (TPSA) is 102 Å². The molecule has 2 N–H and O–H groups in total. The van der Waals surface area contributed by atoms with Gasteiger partial charge in [-0.3, -0.25) is 23.9 Å². The number of aromatic nitrogens is 2. The van der Waals surface area contributed by atoms with Crippen LogP contribution in [-0.2, 0) is 19.1 Å². The lowest BCUT2D eigenvalue weighted by molar-refractivity contribution is -0.167. The molecule has 9 heteroatoms. The second-order valence-corrected chi connectivity index (χ2v) is 8.86. The number of ether oxygens (including phenoxy) is 2. The van der Waals surface area contributed by atoms with Gasteiger partial charge in [-0.1, -0.05) is 6.92 Å². The molecule has 8 nitrogen and oxygen atoms in total. The molecule has 2 saturated carbocycles. The number of aryl methyl sites for hydroxylation is 1. The predicted molar refractivity (Wildman–Crippen MR) is 102 cm³/mol. The standard InChI is InChI=1S/C19H25N3O5S/c1-10-9-22(17(28)21-15(10)25)13-8-19(27-14(24)5-4-12(23)20-3)7-11-6-18(11,2)16(19)26-13/h9,11,13,16H,4-8H2,1-3H3,(H,20,23)(H,21,25,28)/t11-,13+,16+,18-,19-/m0/s1. The van der Waals surface area contributed by atoms with Crippen LogP contribution in [0.2, 0.25) is 0 Å². The predicted octanol–water partition coefficient (Wildman–Crippen LogP) is 1.74. The van der Waals surface area contributed by atoms with Gasteiger partial charge in [-0.2, -0.15) is 0 Å². The fourth-order valence-electron chi connectivity index (χ4n) is 4.91. The quantitative estimate of drug-likeness (QED) is 0.569. The average Bonchev–Trinajstić information content (AvgIpc) is 3.02. The minimum absolute atomic E-state index is 0.00473. The summed E-state index contributed by atoms with van der Waals surface area (Å²) in [5.74, 6) is -0.0951. The molecule has 1 saturated heterocycles. The van der Waals surface area contributed by atoms with Crippen molar-refractivity contribution in [3.05, 3.63) is 26.9 Å². The number of esters is 1. The molecule has 0 aromatic carbocycles. The highest BCUT2D eigenvalue weighted by Crippen LogP contribution is 2.71. The minimum atomic E-state index is -0.707. The molecule has 152 valence electrons. The minimum Gasteiger partial charge on any atom is -0.456 e. The SMILES string of the molecule is CNC(=O)CCC(=O)O[C@]12C[C@@H]3C[C@]3(C)[C@H]1O[C@@H](n1cc(C)c(=O)[nH]c1=S)C2. The van der Waals surface area contributed by atoms with Crippen LogP contribution in [0, 0.1) is 23.0 Å². The summed E-state index contributed by atoms with van der Waals surface area (Å²) in [6, 6.07) is 0. The summed E-state index contributed by atoms with van der Waals surface area (Å²) in [6.07, 6.45) is 3.51. The number of fused-ring (bicyclic) bond motifs is 3. The third kappa shape index (κ3) is 3.00. The zero-order chi connectivity index (χ0) is 20.3. The number of carbonyl (C=O) groups excluding carboxylic acids is 2. The maximum absolute atomic E-state index is 12.5. The van der Waals surface area contributed by atoms with Gasteiger partial charge < -0.3 is 14.8 Å². The van der Waals surface area contributed by atoms with Crippen LogP contribution in [0.15, 0.2) is 11.0 Å². The maximum atomic E-state index is 12.5. The molecule has 3 fully saturated rings. The van der Waals surface area contributed by atoms with Crippen LogP contribution in [-0.4, -0.2) is 40.2 Å². The largest absolute Gasteiger partial charge is 0.456 e. The van der Waals surface area contributed by atoms with Crippen molar-refractivity contribution in [1.82, 2.24) is 14.9 Å². The number of aromatic amines is 1. The molecular weight excluding hydrogens is 382 g/mol. The van der Waals surface area contributed by atoms with E-state index in [2.05, 4.69) is 17.2 Å². The molecule has 3 aliphatic rings. The van der Waals surface area contributed by atoms with Crippen molar-refractivity contribution in [2.24, 2.45) is 11.3 Å². The Kier molecular flexibility index (Phi) is 4.50. The lowest BCUT2D eigenvalue weighted by Gasteiger charge is -2.31. The van der Waals surface area contributed by atoms with Gasteiger partial charge in [0, 0.05) is 37.1 Å². The second-order valence-electron chi connectivity index (χ2n) is 8.48. The van der Waals surface area contributed by atoms with E-state index in [1.54, 1.807) is 24.7 Å². The van der Waals surface area contributed by atoms with Crippen LogP contribution < -0.4 is 10.9 Å². The van der Waals surface area contributed by atoms with E-state index >= 15 is 0 Å². The van der Waals surface area contributed by atoms with Crippen LogP contribution in [0.1, 0.15) is 50.8 Å². The van der Waals surface area contributed by atoms with Gasteiger partial charge in [0.1, 0.15) is 17.9 Å². The van der Waals surface area contributed by atoms with Crippen LogP contribution in [0.4, 0.5) is 0 Å². The Hall–Kier alpha value is -2.00. The second kappa shape index (κ2) is 6.52. The van der Waals surface area contributed by atoms with Gasteiger partial charge in [-0.05, 0) is 37.9 Å². The van der Waals surface area contributed by atoms with E-state index in [0.717, 1.165) is 12.8 Å². The first-order valence-corrected chi connectivity index (χ1v) is 9.99. The molecule has 0 spiro atoms. The fourth-order valence-corrected chi connectivity index (χ4v) is 5.18. The monoisotopic (exact) mass is 407 g/mol. The summed E-state index contributed by atoms with van der Waals surface area (Å²) < 4.78 is 14.4.